The molecule has 44 heavy (non-hydrogen) atoms. The van der Waals surface area contributed by atoms with Gasteiger partial charge in [0.1, 0.15) is 22.5 Å². The Morgan fingerprint density at radius 2 is 1.36 bits per heavy atom. The monoisotopic (exact) mass is 649 g/mol. The number of hydroxylamine groups is 2. The molecule has 1 aliphatic heterocycles. The summed E-state index contributed by atoms with van der Waals surface area (Å²) in [6.45, 7) is 7.19. The lowest BCUT2D eigenvalue weighted by atomic mass is 10.0. The van der Waals surface area contributed by atoms with Gasteiger partial charge in [0.15, 0.2) is 12.4 Å². The quantitative estimate of drug-likeness (QED) is 0.125. The predicted molar refractivity (Wildman–Crippen MR) is 184 cm³/mol. The van der Waals surface area contributed by atoms with Gasteiger partial charge in [-0.3, -0.25) is 0 Å². The number of quaternary nitrogens is 1. The number of anilines is 3. The average Bonchev–Trinajstić information content (AvgIpc) is 3.30. The molecule has 10 heteroatoms. The Morgan fingerprint density at radius 1 is 0.841 bits per heavy atom. The van der Waals surface area contributed by atoms with Crippen LogP contribution in [0.4, 0.5) is 22.7 Å². The van der Waals surface area contributed by atoms with E-state index in [1.165, 1.54) is 0 Å². The van der Waals surface area contributed by atoms with E-state index in [1.54, 1.807) is 30.3 Å². The van der Waals surface area contributed by atoms with Gasteiger partial charge in [0.25, 0.3) is 0 Å². The molecule has 0 aromatic heterocycles. The number of para-hydroxylation sites is 2. The molecule has 0 bridgehead atoms. The summed E-state index contributed by atoms with van der Waals surface area (Å²) in [4.78, 5) is 2.22. The van der Waals surface area contributed by atoms with E-state index < -0.39 is 10.1 Å². The van der Waals surface area contributed by atoms with Crippen LogP contribution < -0.4 is 20.2 Å². The van der Waals surface area contributed by atoms with Gasteiger partial charge in [0.2, 0.25) is 0 Å². The predicted octanol–water partition coefficient (Wildman–Crippen LogP) is 8.74. The van der Waals surface area contributed by atoms with Crippen LogP contribution in [0.2, 0.25) is 0 Å². The molecule has 1 heterocycles. The molecule has 1 atom stereocenters. The number of aryl methyl sites for hydroxylation is 1. The smallest absolute Gasteiger partial charge is 0.343 e. The van der Waals surface area contributed by atoms with Crippen LogP contribution in [0.25, 0.3) is 12.2 Å². The van der Waals surface area contributed by atoms with Crippen LogP contribution in [0.15, 0.2) is 112 Å². The highest BCUT2D eigenvalue weighted by molar-refractivity contribution is 7.86. The first-order chi connectivity index (χ1) is 21.1. The molecule has 0 spiro atoms. The maximum Gasteiger partial charge on any atom is 0.343 e. The first-order valence-electron chi connectivity index (χ1n) is 14.3. The fourth-order valence-corrected chi connectivity index (χ4v) is 6.74. The molecular weight excluding hydrogens is 615 g/mol. The van der Waals surface area contributed by atoms with E-state index in [2.05, 4.69) is 15.5 Å². The maximum atomic E-state index is 13.6. The average molecular weight is 651 g/mol. The van der Waals surface area contributed by atoms with Gasteiger partial charge >= 0.3 is 10.1 Å². The summed E-state index contributed by atoms with van der Waals surface area (Å²) in [6.07, 6.45) is 3.64. The third-order valence-electron chi connectivity index (χ3n) is 7.44. The van der Waals surface area contributed by atoms with Crippen molar-refractivity contribution in [3.05, 3.63) is 124 Å². The van der Waals surface area contributed by atoms with E-state index in [0.717, 1.165) is 33.8 Å². The largest absolute Gasteiger partial charge is 0.346 e. The Hall–Kier alpha value is -3.79. The Balaban J connectivity index is 1.61. The molecule has 1 aliphatic rings. The third kappa shape index (κ3) is 7.12. The fourth-order valence-electron chi connectivity index (χ4n) is 5.12. The molecule has 0 saturated heterocycles. The topological polar surface area (TPSA) is 70.7 Å². The van der Waals surface area contributed by atoms with Gasteiger partial charge in [-0.25, -0.2) is 0 Å². The van der Waals surface area contributed by atoms with E-state index in [-0.39, 0.29) is 9.54 Å². The summed E-state index contributed by atoms with van der Waals surface area (Å²) in [5.74, 6) is 0. The minimum absolute atomic E-state index is 0.110. The van der Waals surface area contributed by atoms with Crippen LogP contribution in [0.1, 0.15) is 30.5 Å². The summed E-state index contributed by atoms with van der Waals surface area (Å²) < 4.78 is 33.1. The number of benzene rings is 4. The number of nitrogens with zero attached hydrogens (tertiary/aromatic N) is 2. The van der Waals surface area contributed by atoms with Crippen molar-refractivity contribution in [1.82, 2.24) is 4.65 Å². The standard InChI is InChI=1S/C34H35Cl2N4O3S/c1-4-39-24-40(5-2,43-44(41,42)30-18-16-25(3)17-19-30)32-21-27(23-34(36)38-29-14-10-7-11-15-29)26(20-31(32)39)22-33(35)37-28-12-8-6-9-13-28/h6-23,37-38H,4-5,24H2,1-3H3/q+1. The van der Waals surface area contributed by atoms with Crippen molar-refractivity contribution >= 4 is 68.2 Å². The van der Waals surface area contributed by atoms with Gasteiger partial charge < -0.3 is 15.5 Å². The Morgan fingerprint density at radius 3 is 1.86 bits per heavy atom. The number of rotatable bonds is 11. The van der Waals surface area contributed by atoms with E-state index in [0.29, 0.717) is 35.8 Å². The molecular formula is C34H35Cl2N4O3S+. The van der Waals surface area contributed by atoms with Crippen molar-refractivity contribution in [2.45, 2.75) is 25.7 Å². The van der Waals surface area contributed by atoms with E-state index in [4.69, 9.17) is 27.5 Å². The Bertz CT molecular complexity index is 1780. The lowest BCUT2D eigenvalue weighted by molar-refractivity contribution is -0.0279. The Labute approximate surface area is 269 Å². The summed E-state index contributed by atoms with van der Waals surface area (Å²) in [5, 5.41) is 7.22. The van der Waals surface area contributed by atoms with Gasteiger partial charge in [-0.1, -0.05) is 81.6 Å². The number of halogens is 2. The number of fused-ring (bicyclic) bond motifs is 1. The maximum absolute atomic E-state index is 13.6. The van der Waals surface area contributed by atoms with Crippen molar-refractivity contribution in [3.8, 4) is 0 Å². The molecule has 4 aromatic carbocycles. The molecule has 0 saturated carbocycles. The zero-order chi connectivity index (χ0) is 31.3. The zero-order valence-electron chi connectivity index (χ0n) is 24.8. The van der Waals surface area contributed by atoms with Crippen molar-refractivity contribution in [2.24, 2.45) is 0 Å². The zero-order valence-corrected chi connectivity index (χ0v) is 27.1. The molecule has 4 aromatic rings. The van der Waals surface area contributed by atoms with Gasteiger partial charge in [0.05, 0.1) is 4.90 Å². The lowest BCUT2D eigenvalue weighted by Gasteiger charge is -2.29. The minimum atomic E-state index is -4.10. The van der Waals surface area contributed by atoms with E-state index in [1.807, 2.05) is 99.6 Å². The highest BCUT2D eigenvalue weighted by atomic mass is 35.5. The second-order valence-electron chi connectivity index (χ2n) is 10.5. The molecule has 0 amide bonds. The van der Waals surface area contributed by atoms with Crippen LogP contribution in [-0.2, 0) is 14.4 Å². The molecule has 1 unspecified atom stereocenters. The van der Waals surface area contributed by atoms with Gasteiger partial charge in [-0.2, -0.15) is 8.42 Å². The van der Waals surface area contributed by atoms with Crippen molar-refractivity contribution < 1.29 is 12.7 Å². The normalized spacial score (nSPS) is 17.0. The highest BCUT2D eigenvalue weighted by Crippen LogP contribution is 2.45. The fraction of sp³-hybridized carbons (Fsp3) is 0.176. The second-order valence-corrected chi connectivity index (χ2v) is 12.8. The minimum Gasteiger partial charge on any atom is -0.346 e. The summed E-state index contributed by atoms with van der Waals surface area (Å²) in [6, 6.07) is 29.9. The van der Waals surface area contributed by atoms with Crippen LogP contribution in [0.3, 0.4) is 0 Å². The van der Waals surface area contributed by atoms with E-state index in [9.17, 15) is 8.42 Å². The molecule has 0 fully saturated rings. The highest BCUT2D eigenvalue weighted by Gasteiger charge is 2.48. The first-order valence-corrected chi connectivity index (χ1v) is 16.5. The van der Waals surface area contributed by atoms with Crippen LogP contribution >= 0.6 is 23.2 Å². The Kier molecular flexibility index (Phi) is 9.68. The van der Waals surface area contributed by atoms with Gasteiger partial charge in [0, 0.05) is 24.0 Å². The van der Waals surface area contributed by atoms with Crippen molar-refractivity contribution in [1.29, 1.82) is 0 Å². The van der Waals surface area contributed by atoms with Crippen molar-refractivity contribution in [3.63, 3.8) is 0 Å². The summed E-state index contributed by atoms with van der Waals surface area (Å²) >= 11 is 13.5. The SMILES string of the molecule is CCN1C[N+](CC)(OS(=O)(=O)c2ccc(C)cc2)c2cc(C=C(Cl)Nc3ccccc3)c(C=C(Cl)Nc3ccccc3)cc21. The number of hydrogen-bond donors (Lipinski definition) is 2. The molecule has 7 nitrogen and oxygen atoms in total. The molecule has 5 rings (SSSR count). The third-order valence-corrected chi connectivity index (χ3v) is 9.18. The number of nitrogens with one attached hydrogen (secondary N) is 2. The molecule has 0 aliphatic carbocycles. The summed E-state index contributed by atoms with van der Waals surface area (Å²) in [7, 11) is -4.10. The lowest BCUT2D eigenvalue weighted by Crippen LogP contribution is -2.52. The van der Waals surface area contributed by atoms with Crippen LogP contribution in [0.5, 0.6) is 0 Å². The summed E-state index contributed by atoms with van der Waals surface area (Å²) in [5.41, 5.74) is 5.74. The molecule has 0 radical (unpaired) electrons. The van der Waals surface area contributed by atoms with Crippen molar-refractivity contribution in [2.75, 3.05) is 35.3 Å². The van der Waals surface area contributed by atoms with Crippen LogP contribution in [0, 0.1) is 6.92 Å². The molecule has 2 N–H and O–H groups in total. The number of hydrogen-bond acceptors (Lipinski definition) is 6. The van der Waals surface area contributed by atoms with Gasteiger partial charge in [-0.15, -0.1) is 4.65 Å². The molecule has 228 valence electrons. The van der Waals surface area contributed by atoms with Gasteiger partial charge in [-0.05, 0) is 86.5 Å². The van der Waals surface area contributed by atoms with E-state index >= 15 is 0 Å². The van der Waals surface area contributed by atoms with Crippen LogP contribution in [-0.4, -0.2) is 28.2 Å². The second kappa shape index (κ2) is 13.5. The first kappa shape index (κ1) is 31.6.